The smallest absolute Gasteiger partial charge is 0.354 e. The summed E-state index contributed by atoms with van der Waals surface area (Å²) in [7, 11) is -2.09. The fraction of sp³-hybridized carbons (Fsp3) is 0.375. The first kappa shape index (κ1) is 18.5. The molecule has 0 aliphatic carbocycles. The molecule has 4 nitrogen and oxygen atoms in total. The molecule has 1 aromatic carbocycles. The minimum Gasteiger partial charge on any atom is -0.461 e. The standard InChI is InChI=1S/C16H23NO3SSi/c1-6-20-15(18)14(12-13-10-8-7-9-11-13)17(16(19)21-2)22(3,4)5/h7-12H,6H2,1-5H3/b14-12-. The second-order valence-corrected chi connectivity index (χ2v) is 11.2. The van der Waals surface area contributed by atoms with Crippen LogP contribution >= 0.6 is 11.8 Å². The molecule has 0 atom stereocenters. The van der Waals surface area contributed by atoms with Gasteiger partial charge in [0.25, 0.3) is 5.24 Å². The van der Waals surface area contributed by atoms with Gasteiger partial charge in [0.15, 0.2) is 8.24 Å². The molecule has 0 bridgehead atoms. The lowest BCUT2D eigenvalue weighted by molar-refractivity contribution is -0.139. The minimum atomic E-state index is -2.09. The van der Waals surface area contributed by atoms with Gasteiger partial charge in [0.05, 0.1) is 6.61 Å². The molecule has 22 heavy (non-hydrogen) atoms. The molecule has 6 heteroatoms. The van der Waals surface area contributed by atoms with E-state index in [1.54, 1.807) is 23.8 Å². The number of benzene rings is 1. The Hall–Kier alpha value is -1.53. The summed E-state index contributed by atoms with van der Waals surface area (Å²) in [5.74, 6) is -0.462. The Labute approximate surface area is 137 Å². The van der Waals surface area contributed by atoms with Gasteiger partial charge in [0.1, 0.15) is 5.70 Å². The first-order chi connectivity index (χ1) is 10.3. The van der Waals surface area contributed by atoms with Crippen LogP contribution in [0.15, 0.2) is 36.0 Å². The maximum Gasteiger partial charge on any atom is 0.354 e. The van der Waals surface area contributed by atoms with Crippen LogP contribution in [0.2, 0.25) is 19.6 Å². The lowest BCUT2D eigenvalue weighted by atomic mass is 10.2. The number of nitrogens with zero attached hydrogens (tertiary/aromatic N) is 1. The van der Waals surface area contributed by atoms with Crippen LogP contribution in [0.1, 0.15) is 12.5 Å². The first-order valence-corrected chi connectivity index (χ1v) is 11.8. The lowest BCUT2D eigenvalue weighted by Crippen LogP contribution is -2.49. The summed E-state index contributed by atoms with van der Waals surface area (Å²) < 4.78 is 6.79. The van der Waals surface area contributed by atoms with Gasteiger partial charge in [-0.3, -0.25) is 4.79 Å². The molecule has 0 unspecified atom stereocenters. The van der Waals surface area contributed by atoms with E-state index in [0.29, 0.717) is 5.70 Å². The Morgan fingerprint density at radius 1 is 1.23 bits per heavy atom. The zero-order chi connectivity index (χ0) is 16.8. The van der Waals surface area contributed by atoms with Crippen molar-refractivity contribution in [2.75, 3.05) is 12.9 Å². The summed E-state index contributed by atoms with van der Waals surface area (Å²) in [4.78, 5) is 24.8. The van der Waals surface area contributed by atoms with Crippen LogP contribution in [0.3, 0.4) is 0 Å². The molecule has 0 aliphatic heterocycles. The van der Waals surface area contributed by atoms with Crippen LogP contribution in [0.4, 0.5) is 4.79 Å². The second-order valence-electron chi connectivity index (χ2n) is 5.64. The Bertz CT molecular complexity index is 552. The number of hydrogen-bond acceptors (Lipinski definition) is 4. The third-order valence-electron chi connectivity index (χ3n) is 2.86. The summed E-state index contributed by atoms with van der Waals surface area (Å²) in [5, 5.41) is -0.130. The SMILES string of the molecule is CCOC(=O)/C(=C/c1ccccc1)N(C(=O)SC)[Si](C)(C)C. The molecule has 120 valence electrons. The van der Waals surface area contributed by atoms with Crippen molar-refractivity contribution in [2.45, 2.75) is 26.6 Å². The van der Waals surface area contributed by atoms with Gasteiger partial charge in [0, 0.05) is 0 Å². The molecule has 0 radical (unpaired) electrons. The van der Waals surface area contributed by atoms with Crippen molar-refractivity contribution >= 4 is 37.3 Å². The molecule has 1 rings (SSSR count). The van der Waals surface area contributed by atoms with E-state index >= 15 is 0 Å². The van der Waals surface area contributed by atoms with Crippen LogP contribution in [-0.4, -0.2) is 36.9 Å². The summed E-state index contributed by atoms with van der Waals surface area (Å²) in [5.41, 5.74) is 1.18. The second kappa shape index (κ2) is 8.19. The van der Waals surface area contributed by atoms with E-state index < -0.39 is 14.2 Å². The van der Waals surface area contributed by atoms with Crippen molar-refractivity contribution in [2.24, 2.45) is 0 Å². The molecule has 1 aromatic rings. The molecule has 0 heterocycles. The molecule has 0 spiro atoms. The number of rotatable bonds is 5. The number of amides is 1. The molecule has 0 saturated carbocycles. The number of carbonyl (C=O) groups is 2. The quantitative estimate of drug-likeness (QED) is 0.459. The molecular formula is C16H23NO3SSi. The highest BCUT2D eigenvalue weighted by Crippen LogP contribution is 2.24. The summed E-state index contributed by atoms with van der Waals surface area (Å²) >= 11 is 1.11. The van der Waals surface area contributed by atoms with Crippen LogP contribution < -0.4 is 0 Å². The summed E-state index contributed by atoms with van der Waals surface area (Å²) in [6.07, 6.45) is 3.45. The normalized spacial score (nSPS) is 12.0. The van der Waals surface area contributed by atoms with E-state index in [1.165, 1.54) is 0 Å². The predicted molar refractivity (Wildman–Crippen MR) is 95.1 cm³/mol. The molecular weight excluding hydrogens is 314 g/mol. The molecule has 0 aromatic heterocycles. The average molecular weight is 338 g/mol. The molecule has 0 fully saturated rings. The number of esters is 1. The van der Waals surface area contributed by atoms with Gasteiger partial charge in [0.2, 0.25) is 0 Å². The maximum absolute atomic E-state index is 12.4. The fourth-order valence-corrected chi connectivity index (χ4v) is 4.75. The van der Waals surface area contributed by atoms with Crippen LogP contribution in [0.25, 0.3) is 6.08 Å². The van der Waals surface area contributed by atoms with Crippen molar-refractivity contribution in [3.8, 4) is 0 Å². The van der Waals surface area contributed by atoms with Crippen molar-refractivity contribution in [3.63, 3.8) is 0 Å². The average Bonchev–Trinajstić information content (AvgIpc) is 2.46. The van der Waals surface area contributed by atoms with Gasteiger partial charge < -0.3 is 9.30 Å². The van der Waals surface area contributed by atoms with Gasteiger partial charge in [-0.05, 0) is 24.8 Å². The Balaban J connectivity index is 3.37. The number of carbonyl (C=O) groups excluding carboxylic acids is 2. The summed E-state index contributed by atoms with van der Waals surface area (Å²) in [6.45, 7) is 8.11. The van der Waals surface area contributed by atoms with E-state index in [0.717, 1.165) is 17.3 Å². The monoisotopic (exact) mass is 337 g/mol. The number of ether oxygens (including phenoxy) is 1. The van der Waals surface area contributed by atoms with Crippen molar-refractivity contribution < 1.29 is 14.3 Å². The van der Waals surface area contributed by atoms with Crippen molar-refractivity contribution in [1.82, 2.24) is 4.57 Å². The number of thioether (sulfide) groups is 1. The topological polar surface area (TPSA) is 46.6 Å². The van der Waals surface area contributed by atoms with Gasteiger partial charge in [-0.1, -0.05) is 61.7 Å². The van der Waals surface area contributed by atoms with Crippen LogP contribution in [-0.2, 0) is 9.53 Å². The number of hydrogen-bond donors (Lipinski definition) is 0. The Morgan fingerprint density at radius 3 is 2.27 bits per heavy atom. The van der Waals surface area contributed by atoms with Crippen LogP contribution in [0.5, 0.6) is 0 Å². The van der Waals surface area contributed by atoms with E-state index in [1.807, 2.05) is 50.0 Å². The zero-order valence-electron chi connectivity index (χ0n) is 13.8. The zero-order valence-corrected chi connectivity index (χ0v) is 15.6. The highest BCUT2D eigenvalue weighted by molar-refractivity contribution is 8.13. The van der Waals surface area contributed by atoms with Crippen molar-refractivity contribution in [1.29, 1.82) is 0 Å². The van der Waals surface area contributed by atoms with Crippen molar-refractivity contribution in [3.05, 3.63) is 41.6 Å². The Morgan fingerprint density at radius 2 is 1.82 bits per heavy atom. The lowest BCUT2D eigenvalue weighted by Gasteiger charge is -2.34. The van der Waals surface area contributed by atoms with Gasteiger partial charge in [-0.25, -0.2) is 4.79 Å². The van der Waals surface area contributed by atoms with Gasteiger partial charge >= 0.3 is 5.97 Å². The van der Waals surface area contributed by atoms with E-state index in [9.17, 15) is 9.59 Å². The fourth-order valence-electron chi connectivity index (χ4n) is 1.95. The van der Waals surface area contributed by atoms with Crippen LogP contribution in [0, 0.1) is 0 Å². The molecule has 0 saturated heterocycles. The highest BCUT2D eigenvalue weighted by atomic mass is 32.2. The predicted octanol–water partition coefficient (Wildman–Crippen LogP) is 4.21. The van der Waals surface area contributed by atoms with E-state index in [-0.39, 0.29) is 11.8 Å². The van der Waals surface area contributed by atoms with E-state index in [2.05, 4.69) is 0 Å². The third kappa shape index (κ3) is 5.03. The summed E-state index contributed by atoms with van der Waals surface area (Å²) in [6, 6.07) is 9.48. The largest absolute Gasteiger partial charge is 0.461 e. The minimum absolute atomic E-state index is 0.130. The highest BCUT2D eigenvalue weighted by Gasteiger charge is 2.35. The van der Waals surface area contributed by atoms with E-state index in [4.69, 9.17) is 4.74 Å². The van der Waals surface area contributed by atoms with Gasteiger partial charge in [-0.15, -0.1) is 0 Å². The van der Waals surface area contributed by atoms with Gasteiger partial charge in [-0.2, -0.15) is 0 Å². The molecule has 1 amide bonds. The molecule has 0 N–H and O–H groups in total. The molecule has 0 aliphatic rings. The maximum atomic E-state index is 12.4. The Kier molecular flexibility index (Phi) is 6.89. The third-order valence-corrected chi connectivity index (χ3v) is 5.34. The first-order valence-electron chi connectivity index (χ1n) is 7.13.